The Morgan fingerprint density at radius 2 is 0.699 bits per heavy atom. The van der Waals surface area contributed by atoms with Crippen LogP contribution in [0.2, 0.25) is 0 Å². The largest absolute Gasteiger partial charge is 0.394 e. The molecule has 0 aliphatic carbocycles. The summed E-state index contributed by atoms with van der Waals surface area (Å²) in [6.07, 6.45) is -61.2. The normalized spacial score (nSPS) is 36.3. The highest BCUT2D eigenvalue weighted by atomic mass is 16.8. The predicted molar refractivity (Wildman–Crippen MR) is 440 cm³/mol. The van der Waals surface area contributed by atoms with Gasteiger partial charge in [-0.25, -0.2) is 4.79 Å². The van der Waals surface area contributed by atoms with E-state index in [0.717, 1.165) is 0 Å². The van der Waals surface area contributed by atoms with Crippen LogP contribution in [0, 0.1) is 5.92 Å². The van der Waals surface area contributed by atoms with Gasteiger partial charge in [0.25, 0.3) is 11.8 Å². The fraction of sp³-hybridized carbons (Fsp3) is 0.877. The Morgan fingerprint density at radius 3 is 1.14 bits per heavy atom. The number of Topliss-reactive ketones (excluding diaryl/α,β-unsaturated/α-hetero) is 2. The zero-order valence-electron chi connectivity index (χ0n) is 74.7. The quantitative estimate of drug-likeness (QED) is 0.0199. The van der Waals surface area contributed by atoms with Gasteiger partial charge in [0.2, 0.25) is 29.5 Å². The van der Waals surface area contributed by atoms with Crippen LogP contribution in [0.4, 0.5) is 0 Å². The number of nitrogens with one attached hydrogen (secondary N) is 5. The summed E-state index contributed by atoms with van der Waals surface area (Å²) in [5.74, 6) is -7.61. The number of rotatable bonds is 56. The van der Waals surface area contributed by atoms with Crippen molar-refractivity contribution in [2.75, 3.05) is 112 Å². The number of amides is 7. The van der Waals surface area contributed by atoms with E-state index in [1.165, 1.54) is 11.8 Å². The highest BCUT2D eigenvalue weighted by molar-refractivity contribution is 6.01. The molecule has 0 unspecified atom stereocenters. The maximum atomic E-state index is 14.1. The maximum Gasteiger partial charge on any atom is 0.333 e. The number of carbonyl (C=O) groups excluding carboxylic acids is 10. The summed E-state index contributed by atoms with van der Waals surface area (Å²) in [7, 11) is 0. The van der Waals surface area contributed by atoms with Crippen LogP contribution in [0.25, 0.3) is 0 Å². The number of nitrogens with zero attached hydrogens (tertiary/aromatic N) is 2. The Bertz CT molecular complexity index is 3670. The highest BCUT2D eigenvalue weighted by Crippen LogP contribution is 2.35. The molecule has 8 fully saturated rings. The molecule has 782 valence electrons. The first-order valence-electron chi connectivity index (χ1n) is 45.2. The number of unbranched alkanes of at least 4 members (excludes halogenated alkanes) is 4. The number of aliphatic hydroxyl groups excluding tert-OH is 23. The van der Waals surface area contributed by atoms with Crippen LogP contribution in [0.15, 0.2) is 0 Å². The molecule has 0 spiro atoms. The summed E-state index contributed by atoms with van der Waals surface area (Å²) in [5.41, 5.74) is 0. The third-order valence-corrected chi connectivity index (χ3v) is 23.8. The minimum atomic E-state index is -2.06. The molecule has 0 bridgehead atoms. The van der Waals surface area contributed by atoms with Gasteiger partial charge in [-0.15, -0.1) is 5.06 Å². The van der Waals surface area contributed by atoms with Gasteiger partial charge in [-0.3, -0.25) is 48.1 Å². The van der Waals surface area contributed by atoms with Crippen LogP contribution in [-0.2, 0) is 119 Å². The molecule has 55 nitrogen and oxygen atoms in total. The van der Waals surface area contributed by atoms with Crippen LogP contribution in [-0.4, -0.2) is 513 Å². The summed E-state index contributed by atoms with van der Waals surface area (Å²) in [6, 6.07) is 0. The molecule has 136 heavy (non-hydrogen) atoms. The minimum absolute atomic E-state index is 0.0407. The second-order valence-electron chi connectivity index (χ2n) is 34.2. The number of hydroxylamine groups is 2. The van der Waals surface area contributed by atoms with E-state index in [1.807, 2.05) is 0 Å². The van der Waals surface area contributed by atoms with E-state index in [2.05, 4.69) is 26.6 Å². The maximum absolute atomic E-state index is 14.1. The SMILES string of the molecule is C[C@@H]1O[C@@H](OCCNC(=O)CC[C@H](CC(=O)CCCNC(=O)CN(CC(=O)NCCCCCC(=O)CCCO[C@H]2O[C@H](CO[C@H]3O[C@H](CO)[C@@H](O)[C@H](O)[C@@H]3O)[C@@H](O)[C@H](O[C@H]3O[C@H](CO)[C@@H](O)[C@H](O)[C@@H]3O)[C@@H]2O)CC(=O)NCCCCCC(=O)ON2C(=O)CCC2=O)C(=O)NCCO[C@H]2O[C@H](CO[C@H]3O[C@H](CO)[C@@H](O)[C@H](O)[C@@H]3O)[C@@H](O)[C@H](O[C@H]3O[C@H](CO)[C@@H](O)[C@H](O)[C@@H]3O)[C@@H]2O)[C@@H](O)[C@H](O)[C@@H]1O. The van der Waals surface area contributed by atoms with E-state index in [0.29, 0.717) is 37.2 Å². The number of imide groups is 1. The van der Waals surface area contributed by atoms with E-state index in [1.54, 1.807) is 0 Å². The lowest BCUT2D eigenvalue weighted by Crippen LogP contribution is -2.65. The molecule has 8 rings (SSSR count). The summed E-state index contributed by atoms with van der Waals surface area (Å²) < 4.78 is 78.4. The van der Waals surface area contributed by atoms with Crippen LogP contribution in [0.5, 0.6) is 0 Å². The Morgan fingerprint density at radius 1 is 0.346 bits per heavy atom. The zero-order chi connectivity index (χ0) is 99.9. The molecule has 7 amide bonds. The topological polar surface area (TPSA) is 841 Å². The molecule has 8 saturated heterocycles. The molecular weight excluding hydrogens is 1840 g/mol. The van der Waals surface area contributed by atoms with Crippen LogP contribution < -0.4 is 26.6 Å². The van der Waals surface area contributed by atoms with E-state index in [4.69, 9.17) is 71.2 Å². The average molecular weight is 1970 g/mol. The summed E-state index contributed by atoms with van der Waals surface area (Å²) in [6.45, 7) is -6.86. The molecule has 8 aliphatic rings. The van der Waals surface area contributed by atoms with E-state index in [9.17, 15) is 165 Å². The zero-order valence-corrected chi connectivity index (χ0v) is 74.7. The molecule has 0 aromatic carbocycles. The lowest BCUT2D eigenvalue weighted by atomic mass is 9.94. The molecule has 8 aliphatic heterocycles. The molecule has 8 heterocycles. The van der Waals surface area contributed by atoms with Crippen molar-refractivity contribution in [2.45, 2.75) is 331 Å². The summed E-state index contributed by atoms with van der Waals surface area (Å²) in [5, 5.41) is 255. The van der Waals surface area contributed by atoms with Gasteiger partial charge in [0.1, 0.15) is 176 Å². The van der Waals surface area contributed by atoms with Crippen molar-refractivity contribution in [2.24, 2.45) is 5.92 Å². The van der Waals surface area contributed by atoms with Gasteiger partial charge in [-0.1, -0.05) is 12.8 Å². The third kappa shape index (κ3) is 33.5. The van der Waals surface area contributed by atoms with E-state index < -0.39 is 359 Å². The number of aliphatic hydroxyl groups is 23. The van der Waals surface area contributed by atoms with Crippen LogP contribution >= 0.6 is 0 Å². The van der Waals surface area contributed by atoms with Gasteiger partial charge in [-0.05, 0) is 51.9 Å². The smallest absolute Gasteiger partial charge is 0.333 e. The van der Waals surface area contributed by atoms with Gasteiger partial charge in [0.15, 0.2) is 44.0 Å². The van der Waals surface area contributed by atoms with Gasteiger partial charge >= 0.3 is 5.97 Å². The predicted octanol–water partition coefficient (Wildman–Crippen LogP) is -16.1. The van der Waals surface area contributed by atoms with Crippen molar-refractivity contribution in [1.82, 2.24) is 36.5 Å². The van der Waals surface area contributed by atoms with Crippen molar-refractivity contribution in [3.63, 3.8) is 0 Å². The summed E-state index contributed by atoms with van der Waals surface area (Å²) in [4.78, 5) is 137. The molecule has 0 saturated carbocycles. The number of hydrogen-bond donors (Lipinski definition) is 28. The van der Waals surface area contributed by atoms with Crippen molar-refractivity contribution in [1.29, 1.82) is 0 Å². The Kier molecular flexibility index (Phi) is 48.4. The second kappa shape index (κ2) is 57.2. The lowest BCUT2D eigenvalue weighted by Gasteiger charge is -2.46. The Labute approximate surface area is 778 Å². The number of carbonyl (C=O) groups is 10. The average Bonchev–Trinajstić information content (AvgIpc) is 1.01. The molecule has 55 heteroatoms. The molecule has 0 radical (unpaired) electrons. The van der Waals surface area contributed by atoms with Crippen molar-refractivity contribution in [3.05, 3.63) is 0 Å². The first kappa shape index (κ1) is 115. The first-order chi connectivity index (χ1) is 64.7. The number of hydrogen-bond acceptors (Lipinski definition) is 49. The molecule has 36 atom stereocenters. The fourth-order valence-electron chi connectivity index (χ4n) is 15.8. The minimum Gasteiger partial charge on any atom is -0.394 e. The second-order valence-corrected chi connectivity index (χ2v) is 34.2. The Balaban J connectivity index is 0.828. The van der Waals surface area contributed by atoms with Gasteiger partial charge in [0.05, 0.1) is 85.2 Å². The van der Waals surface area contributed by atoms with Gasteiger partial charge in [0, 0.05) is 90.0 Å². The highest BCUT2D eigenvalue weighted by Gasteiger charge is 2.56. The van der Waals surface area contributed by atoms with E-state index >= 15 is 0 Å². The monoisotopic (exact) mass is 1970 g/mol. The third-order valence-electron chi connectivity index (χ3n) is 23.8. The lowest BCUT2D eigenvalue weighted by molar-refractivity contribution is -0.366. The van der Waals surface area contributed by atoms with Crippen LogP contribution in [0.1, 0.15) is 116 Å². The fourth-order valence-corrected chi connectivity index (χ4v) is 15.8. The molecule has 0 aromatic rings. The van der Waals surface area contributed by atoms with Gasteiger partial charge in [-0.2, -0.15) is 0 Å². The van der Waals surface area contributed by atoms with Crippen LogP contribution in [0.3, 0.4) is 0 Å². The first-order valence-corrected chi connectivity index (χ1v) is 45.2. The molecular formula is C81H135N7O48. The number of ether oxygens (including phenoxy) is 14. The van der Waals surface area contributed by atoms with Crippen molar-refractivity contribution < 1.29 is 237 Å². The van der Waals surface area contributed by atoms with E-state index in [-0.39, 0.29) is 109 Å². The van der Waals surface area contributed by atoms with Crippen molar-refractivity contribution in [3.8, 4) is 0 Å². The molecule has 28 N–H and O–H groups in total. The summed E-state index contributed by atoms with van der Waals surface area (Å²) >= 11 is 0. The standard InChI is InChI=1S/C81H135N7O48/c1-36-53(102)60(109)65(114)75(127-36)123-24-21-85-46(95)15-14-37(74(121)86-22-25-124-79-71(120)73(135-81-69(118)64(113)57(106)43(33-92)131-81)59(108)45(133-79)35-126-77-67(116)62(111)55(104)41(31-90)129-77)26-39(94)11-8-20-84-49(98)29-87(28-48(97)83-19-7-3-5-13-52(101)136-88-50(99)16-17-51(88)100)27-47(96)82-18-6-2-4-10-38(93)12-9-23-122-78-70(119)72(134-80-68(117)63(112)56(105)42(32-91)130-80)58(107)44(132-78)34-125-76-66(115)61(110)54(103)40(30-89)128-76/h36-37,40-45,53-73,75-81,89-92,102-120H,2-35H2,1H3,(H,82,96)(H,83,97)(H,84,98)(H,85,95)(H,86,121)/t36-,37+,40+,41+,42+,43+,44+,45+,53+,54+,55+,56+,57+,58+,59+,60+,61-,62-,63-,64-,65-,66-,67-,68-,69-,70-,71-,72-,73-,75+,76-,77-,78-,79-,80+,81+/m0/s1. The number of ketones is 2. The van der Waals surface area contributed by atoms with Gasteiger partial charge < -0.3 is 215 Å². The Hall–Kier alpha value is -6.22. The molecule has 0 aromatic heterocycles. The van der Waals surface area contributed by atoms with Crippen molar-refractivity contribution >= 4 is 58.9 Å².